The van der Waals surface area contributed by atoms with E-state index in [0.29, 0.717) is 17.9 Å². The second kappa shape index (κ2) is 3.81. The fourth-order valence-corrected chi connectivity index (χ4v) is 5.09. The van der Waals surface area contributed by atoms with Gasteiger partial charge in [-0.3, -0.25) is 4.31 Å². The molecule has 0 aromatic heterocycles. The highest BCUT2D eigenvalue weighted by molar-refractivity contribution is 7.93. The van der Waals surface area contributed by atoms with Crippen LogP contribution in [0, 0.1) is 5.92 Å². The number of hydrogen-bond acceptors (Lipinski definition) is 2. The smallest absolute Gasteiger partial charge is 0.265 e. The highest BCUT2D eigenvalue weighted by Gasteiger charge is 2.54. The predicted octanol–water partition coefficient (Wildman–Crippen LogP) is 3.54. The summed E-state index contributed by atoms with van der Waals surface area (Å²) < 4.78 is 26.0. The highest BCUT2D eigenvalue weighted by atomic mass is 35.5. The second-order valence-electron chi connectivity index (χ2n) is 5.33. The van der Waals surface area contributed by atoms with Crippen molar-refractivity contribution in [2.45, 2.75) is 15.6 Å². The van der Waals surface area contributed by atoms with Crippen molar-refractivity contribution in [3.63, 3.8) is 0 Å². The molecule has 0 bridgehead atoms. The van der Waals surface area contributed by atoms with E-state index in [-0.39, 0.29) is 5.92 Å². The Bertz CT molecular complexity index is 827. The van der Waals surface area contributed by atoms with Gasteiger partial charge in [-0.1, -0.05) is 24.3 Å². The maximum atomic E-state index is 12.7. The lowest BCUT2D eigenvalue weighted by Crippen LogP contribution is -2.30. The fourth-order valence-electron chi connectivity index (χ4n) is 2.82. The molecule has 20 heavy (non-hydrogen) atoms. The third-order valence-corrected chi connectivity index (χ3v) is 6.77. The first-order valence-corrected chi connectivity index (χ1v) is 8.53. The Hall–Kier alpha value is -0.970. The van der Waals surface area contributed by atoms with E-state index in [2.05, 4.69) is 0 Å². The van der Waals surface area contributed by atoms with Crippen LogP contribution in [0.1, 0.15) is 6.42 Å². The maximum absolute atomic E-state index is 12.7. The molecule has 3 nitrogen and oxygen atoms in total. The number of sulfonamides is 1. The van der Waals surface area contributed by atoms with Gasteiger partial charge in [-0.25, -0.2) is 8.42 Å². The van der Waals surface area contributed by atoms with E-state index in [9.17, 15) is 8.42 Å². The van der Waals surface area contributed by atoms with Crippen molar-refractivity contribution in [3.8, 4) is 0 Å². The molecule has 2 aromatic rings. The third kappa shape index (κ3) is 1.62. The van der Waals surface area contributed by atoms with Gasteiger partial charge in [0.2, 0.25) is 0 Å². The first-order chi connectivity index (χ1) is 9.41. The average molecular weight is 328 g/mol. The van der Waals surface area contributed by atoms with Gasteiger partial charge in [0.05, 0.1) is 10.6 Å². The van der Waals surface area contributed by atoms with E-state index < -0.39 is 14.4 Å². The first-order valence-electron chi connectivity index (χ1n) is 6.33. The molecule has 1 fully saturated rings. The Morgan fingerprint density at radius 2 is 1.85 bits per heavy atom. The predicted molar refractivity (Wildman–Crippen MR) is 81.0 cm³/mol. The number of anilines is 1. The van der Waals surface area contributed by atoms with Crippen LogP contribution >= 0.6 is 23.2 Å². The third-order valence-electron chi connectivity index (χ3n) is 4.02. The van der Waals surface area contributed by atoms with E-state index >= 15 is 0 Å². The van der Waals surface area contributed by atoms with Gasteiger partial charge in [0.15, 0.2) is 0 Å². The van der Waals surface area contributed by atoms with Crippen LogP contribution in [0.4, 0.5) is 5.69 Å². The van der Waals surface area contributed by atoms with Crippen LogP contribution in [0.2, 0.25) is 0 Å². The van der Waals surface area contributed by atoms with Crippen molar-refractivity contribution in [1.29, 1.82) is 0 Å². The monoisotopic (exact) mass is 327 g/mol. The van der Waals surface area contributed by atoms with Gasteiger partial charge in [-0.05, 0) is 23.9 Å². The molecular weight excluding hydrogens is 317 g/mol. The lowest BCUT2D eigenvalue weighted by Gasteiger charge is -2.18. The number of nitrogens with zero attached hydrogens (tertiary/aromatic N) is 1. The fraction of sp³-hybridized carbons (Fsp3) is 0.286. The molecule has 4 rings (SSSR count). The summed E-state index contributed by atoms with van der Waals surface area (Å²) in [5.41, 5.74) is 0.731. The number of benzene rings is 2. The Morgan fingerprint density at radius 1 is 1.20 bits per heavy atom. The molecule has 1 saturated carbocycles. The van der Waals surface area contributed by atoms with E-state index in [1.54, 1.807) is 12.1 Å². The summed E-state index contributed by atoms with van der Waals surface area (Å²) in [7, 11) is -3.49. The molecule has 0 N–H and O–H groups in total. The van der Waals surface area contributed by atoms with Crippen LogP contribution in [0.5, 0.6) is 0 Å². The molecule has 1 heterocycles. The van der Waals surface area contributed by atoms with Crippen molar-refractivity contribution < 1.29 is 8.42 Å². The summed E-state index contributed by atoms with van der Waals surface area (Å²) in [4.78, 5) is 0.376. The molecular formula is C14H11Cl2NO2S. The van der Waals surface area contributed by atoms with Gasteiger partial charge < -0.3 is 0 Å². The Balaban J connectivity index is 1.89. The zero-order chi connectivity index (χ0) is 14.1. The number of hydrogen-bond donors (Lipinski definition) is 0. The normalized spacial score (nSPS) is 25.1. The number of rotatable bonds is 2. The lowest BCUT2D eigenvalue weighted by molar-refractivity contribution is 0.591. The summed E-state index contributed by atoms with van der Waals surface area (Å²) in [6.07, 6.45) is 0.633. The Morgan fingerprint density at radius 3 is 2.50 bits per heavy atom. The van der Waals surface area contributed by atoms with Crippen LogP contribution in [0.15, 0.2) is 41.3 Å². The van der Waals surface area contributed by atoms with Gasteiger partial charge in [0.1, 0.15) is 4.33 Å². The second-order valence-corrected chi connectivity index (χ2v) is 8.70. The molecule has 0 unspecified atom stereocenters. The average Bonchev–Trinajstić information content (AvgIpc) is 2.94. The molecule has 0 spiro atoms. The topological polar surface area (TPSA) is 37.4 Å². The lowest BCUT2D eigenvalue weighted by atomic mass is 10.1. The number of halogens is 2. The van der Waals surface area contributed by atoms with Gasteiger partial charge in [-0.15, -0.1) is 23.2 Å². The SMILES string of the molecule is O=S1(=O)c2cccc3cccc(c23)N1C[C@@H]1CC1(Cl)Cl. The summed E-state index contributed by atoms with van der Waals surface area (Å²) in [5.74, 6) is -0.00910. The molecule has 2 aromatic carbocycles. The van der Waals surface area contributed by atoms with Crippen LogP contribution in [0.3, 0.4) is 0 Å². The molecule has 0 saturated heterocycles. The Kier molecular flexibility index (Phi) is 2.43. The van der Waals surface area contributed by atoms with Crippen molar-refractivity contribution in [2.24, 2.45) is 5.92 Å². The van der Waals surface area contributed by atoms with Gasteiger partial charge in [0.25, 0.3) is 10.0 Å². The first kappa shape index (κ1) is 12.7. The van der Waals surface area contributed by atoms with Crippen molar-refractivity contribution >= 4 is 49.7 Å². The van der Waals surface area contributed by atoms with Crippen LogP contribution in [0.25, 0.3) is 10.8 Å². The summed E-state index contributed by atoms with van der Waals surface area (Å²) in [5, 5.41) is 1.73. The number of alkyl halides is 2. The summed E-state index contributed by atoms with van der Waals surface area (Å²) >= 11 is 12.1. The van der Waals surface area contributed by atoms with E-state index in [1.165, 1.54) is 4.31 Å². The van der Waals surface area contributed by atoms with Gasteiger partial charge >= 0.3 is 0 Å². The minimum atomic E-state index is -3.49. The van der Waals surface area contributed by atoms with Gasteiger partial charge in [0, 0.05) is 17.8 Å². The van der Waals surface area contributed by atoms with Crippen LogP contribution in [-0.4, -0.2) is 19.3 Å². The van der Waals surface area contributed by atoms with Crippen LogP contribution < -0.4 is 4.31 Å². The minimum Gasteiger partial charge on any atom is -0.265 e. The zero-order valence-electron chi connectivity index (χ0n) is 10.4. The highest BCUT2D eigenvalue weighted by Crippen LogP contribution is 2.55. The quantitative estimate of drug-likeness (QED) is 0.791. The van der Waals surface area contributed by atoms with E-state index in [4.69, 9.17) is 23.2 Å². The van der Waals surface area contributed by atoms with E-state index in [1.807, 2.05) is 24.3 Å². The summed E-state index contributed by atoms with van der Waals surface area (Å²) in [6.45, 7) is 0.336. The van der Waals surface area contributed by atoms with Crippen molar-refractivity contribution in [2.75, 3.05) is 10.8 Å². The molecule has 0 radical (unpaired) electrons. The van der Waals surface area contributed by atoms with Gasteiger partial charge in [-0.2, -0.15) is 0 Å². The minimum absolute atomic E-state index is 0.00910. The molecule has 2 aliphatic rings. The largest absolute Gasteiger partial charge is 0.265 e. The molecule has 1 atom stereocenters. The van der Waals surface area contributed by atoms with Crippen LogP contribution in [-0.2, 0) is 10.0 Å². The van der Waals surface area contributed by atoms with E-state index in [0.717, 1.165) is 16.5 Å². The maximum Gasteiger partial charge on any atom is 0.265 e. The molecule has 6 heteroatoms. The Labute approximate surface area is 127 Å². The zero-order valence-corrected chi connectivity index (χ0v) is 12.7. The summed E-state index contributed by atoms with van der Waals surface area (Å²) in [6, 6.07) is 11.0. The molecule has 1 aliphatic heterocycles. The standard InChI is InChI=1S/C14H11Cl2NO2S/c15-14(16)7-10(14)8-17-11-5-1-3-9-4-2-6-12(13(9)11)20(17,18)19/h1-6,10H,7-8H2/t10-/m0/s1. The molecule has 104 valence electrons. The molecule has 1 aliphatic carbocycles. The van der Waals surface area contributed by atoms with Crippen molar-refractivity contribution in [3.05, 3.63) is 36.4 Å². The molecule has 0 amide bonds. The van der Waals surface area contributed by atoms with Crippen molar-refractivity contribution in [1.82, 2.24) is 0 Å².